The van der Waals surface area contributed by atoms with Crippen LogP contribution in [-0.4, -0.2) is 48.4 Å². The number of benzene rings is 3. The van der Waals surface area contributed by atoms with Crippen molar-refractivity contribution in [1.82, 2.24) is 15.1 Å². The Kier molecular flexibility index (Phi) is 6.19. The van der Waals surface area contributed by atoms with Gasteiger partial charge in [0, 0.05) is 44.1 Å². The molecule has 0 radical (unpaired) electrons. The number of amides is 1. The fourth-order valence-corrected chi connectivity index (χ4v) is 4.73. The SMILES string of the molecule is O=C(CN1CCN(Cc2ccccc2)CC1)NC1Cc2ccccc2Nc2ccccc21. The molecule has 0 aromatic heterocycles. The van der Waals surface area contributed by atoms with Crippen molar-refractivity contribution in [1.29, 1.82) is 0 Å². The number of nitrogens with zero attached hydrogens (tertiary/aromatic N) is 2. The summed E-state index contributed by atoms with van der Waals surface area (Å²) in [5.74, 6) is 0.0979. The van der Waals surface area contributed by atoms with Crippen LogP contribution in [0.3, 0.4) is 0 Å². The highest BCUT2D eigenvalue weighted by atomic mass is 16.2. The normalized spacial score (nSPS) is 18.7. The van der Waals surface area contributed by atoms with Crippen molar-refractivity contribution in [2.45, 2.75) is 19.0 Å². The van der Waals surface area contributed by atoms with Crippen LogP contribution >= 0.6 is 0 Å². The molecule has 3 aromatic rings. The van der Waals surface area contributed by atoms with E-state index in [2.05, 4.69) is 81.1 Å². The van der Waals surface area contributed by atoms with Crippen LogP contribution in [-0.2, 0) is 17.8 Å². The molecule has 1 atom stereocenters. The summed E-state index contributed by atoms with van der Waals surface area (Å²) in [5.41, 5.74) is 5.90. The minimum atomic E-state index is -0.0331. The van der Waals surface area contributed by atoms with Crippen molar-refractivity contribution in [2.75, 3.05) is 38.0 Å². The fourth-order valence-electron chi connectivity index (χ4n) is 4.73. The van der Waals surface area contributed by atoms with Crippen LogP contribution in [0.1, 0.15) is 22.7 Å². The first-order chi connectivity index (χ1) is 15.7. The van der Waals surface area contributed by atoms with Crippen molar-refractivity contribution in [2.24, 2.45) is 0 Å². The second-order valence-electron chi connectivity index (χ2n) is 8.73. The average Bonchev–Trinajstić information content (AvgIpc) is 2.97. The Morgan fingerprint density at radius 1 is 0.812 bits per heavy atom. The molecule has 2 aliphatic rings. The van der Waals surface area contributed by atoms with E-state index in [1.54, 1.807) is 0 Å². The summed E-state index contributed by atoms with van der Waals surface area (Å²) in [6, 6.07) is 27.2. The number of rotatable bonds is 5. The molecule has 0 spiro atoms. The van der Waals surface area contributed by atoms with Crippen LogP contribution < -0.4 is 10.6 Å². The molecular weight excluding hydrogens is 396 g/mol. The molecule has 5 heteroatoms. The van der Waals surface area contributed by atoms with E-state index in [0.29, 0.717) is 6.54 Å². The highest BCUT2D eigenvalue weighted by Crippen LogP contribution is 2.34. The van der Waals surface area contributed by atoms with Gasteiger partial charge in [-0.2, -0.15) is 0 Å². The van der Waals surface area contributed by atoms with Crippen molar-refractivity contribution in [3.8, 4) is 0 Å². The van der Waals surface area contributed by atoms with Gasteiger partial charge in [-0.05, 0) is 35.2 Å². The van der Waals surface area contributed by atoms with Gasteiger partial charge in [-0.3, -0.25) is 14.6 Å². The van der Waals surface area contributed by atoms with Gasteiger partial charge in [-0.25, -0.2) is 0 Å². The third kappa shape index (κ3) is 4.85. The van der Waals surface area contributed by atoms with E-state index in [9.17, 15) is 4.79 Å². The first-order valence-corrected chi connectivity index (χ1v) is 11.5. The number of fused-ring (bicyclic) bond motifs is 2. The number of carbonyl (C=O) groups is 1. The van der Waals surface area contributed by atoms with Crippen LogP contribution in [0.25, 0.3) is 0 Å². The van der Waals surface area contributed by atoms with Crippen molar-refractivity contribution in [3.63, 3.8) is 0 Å². The molecule has 0 bridgehead atoms. The smallest absolute Gasteiger partial charge is 0.234 e. The Morgan fingerprint density at radius 3 is 2.28 bits per heavy atom. The van der Waals surface area contributed by atoms with Gasteiger partial charge in [0.1, 0.15) is 0 Å². The highest BCUT2D eigenvalue weighted by molar-refractivity contribution is 5.79. The summed E-state index contributed by atoms with van der Waals surface area (Å²) in [7, 11) is 0. The quantitative estimate of drug-likeness (QED) is 0.648. The molecule has 0 aliphatic carbocycles. The Hall–Kier alpha value is -3.15. The molecule has 5 nitrogen and oxygen atoms in total. The van der Waals surface area contributed by atoms with E-state index in [-0.39, 0.29) is 11.9 Å². The molecular formula is C27H30N4O. The summed E-state index contributed by atoms with van der Waals surface area (Å²) in [5, 5.41) is 6.87. The summed E-state index contributed by atoms with van der Waals surface area (Å²) in [6.07, 6.45) is 0.788. The van der Waals surface area contributed by atoms with Gasteiger partial charge in [0.25, 0.3) is 0 Å². The average molecular weight is 427 g/mol. The van der Waals surface area contributed by atoms with E-state index in [4.69, 9.17) is 0 Å². The molecule has 2 aliphatic heterocycles. The minimum Gasteiger partial charge on any atom is -0.355 e. The zero-order valence-electron chi connectivity index (χ0n) is 18.3. The van der Waals surface area contributed by atoms with E-state index < -0.39 is 0 Å². The summed E-state index contributed by atoms with van der Waals surface area (Å²) in [4.78, 5) is 17.7. The first-order valence-electron chi connectivity index (χ1n) is 11.5. The van der Waals surface area contributed by atoms with Gasteiger partial charge in [-0.1, -0.05) is 66.7 Å². The molecule has 3 aromatic carbocycles. The van der Waals surface area contributed by atoms with E-state index in [1.165, 1.54) is 11.1 Å². The maximum absolute atomic E-state index is 13.0. The van der Waals surface area contributed by atoms with Crippen LogP contribution in [0.2, 0.25) is 0 Å². The number of carbonyl (C=O) groups excluding carboxylic acids is 1. The lowest BCUT2D eigenvalue weighted by atomic mass is 9.99. The number of nitrogens with one attached hydrogen (secondary N) is 2. The Balaban J connectivity index is 1.19. The second-order valence-corrected chi connectivity index (χ2v) is 8.73. The number of hydrogen-bond donors (Lipinski definition) is 2. The van der Waals surface area contributed by atoms with Crippen LogP contribution in [0.15, 0.2) is 78.9 Å². The summed E-state index contributed by atoms with van der Waals surface area (Å²) in [6.45, 7) is 5.26. The second kappa shape index (κ2) is 9.55. The zero-order valence-corrected chi connectivity index (χ0v) is 18.3. The topological polar surface area (TPSA) is 47.6 Å². The number of para-hydroxylation sites is 2. The molecule has 1 unspecified atom stereocenters. The molecule has 164 valence electrons. The largest absolute Gasteiger partial charge is 0.355 e. The molecule has 0 saturated carbocycles. The van der Waals surface area contributed by atoms with Crippen molar-refractivity contribution in [3.05, 3.63) is 95.6 Å². The van der Waals surface area contributed by atoms with E-state index in [0.717, 1.165) is 56.1 Å². The Bertz CT molecular complexity index is 1060. The maximum Gasteiger partial charge on any atom is 0.234 e. The first kappa shape index (κ1) is 20.7. The van der Waals surface area contributed by atoms with Gasteiger partial charge in [0.15, 0.2) is 0 Å². The fraction of sp³-hybridized carbons (Fsp3) is 0.296. The standard InChI is InChI=1S/C27H30N4O/c32-27(20-31-16-14-30(15-17-31)19-21-8-2-1-3-9-21)29-26-18-22-10-4-6-12-24(22)28-25-13-7-5-11-23(25)26/h1-13,26,28H,14-20H2,(H,29,32). The van der Waals surface area contributed by atoms with Gasteiger partial charge in [-0.15, -0.1) is 0 Å². The Labute approximate surface area is 190 Å². The summed E-state index contributed by atoms with van der Waals surface area (Å²) < 4.78 is 0. The molecule has 5 rings (SSSR count). The van der Waals surface area contributed by atoms with Gasteiger partial charge >= 0.3 is 0 Å². The number of piperazine rings is 1. The number of hydrogen-bond acceptors (Lipinski definition) is 4. The molecule has 1 amide bonds. The molecule has 1 fully saturated rings. The monoisotopic (exact) mass is 426 g/mol. The number of anilines is 2. The lowest BCUT2D eigenvalue weighted by Gasteiger charge is -2.34. The predicted molar refractivity (Wildman–Crippen MR) is 129 cm³/mol. The summed E-state index contributed by atoms with van der Waals surface area (Å²) >= 11 is 0. The van der Waals surface area contributed by atoms with Crippen molar-refractivity contribution < 1.29 is 4.79 Å². The third-order valence-corrected chi connectivity index (χ3v) is 6.46. The van der Waals surface area contributed by atoms with E-state index in [1.807, 2.05) is 18.2 Å². The van der Waals surface area contributed by atoms with Crippen LogP contribution in [0, 0.1) is 0 Å². The predicted octanol–water partition coefficient (Wildman–Crippen LogP) is 3.96. The van der Waals surface area contributed by atoms with Crippen molar-refractivity contribution >= 4 is 17.3 Å². The minimum absolute atomic E-state index is 0.0331. The van der Waals surface area contributed by atoms with Crippen LogP contribution in [0.5, 0.6) is 0 Å². The molecule has 1 saturated heterocycles. The Morgan fingerprint density at radius 2 is 1.47 bits per heavy atom. The van der Waals surface area contributed by atoms with Gasteiger partial charge in [0.05, 0.1) is 12.6 Å². The van der Waals surface area contributed by atoms with Crippen LogP contribution in [0.4, 0.5) is 11.4 Å². The van der Waals surface area contributed by atoms with E-state index >= 15 is 0 Å². The molecule has 32 heavy (non-hydrogen) atoms. The lowest BCUT2D eigenvalue weighted by Crippen LogP contribution is -2.49. The highest BCUT2D eigenvalue weighted by Gasteiger charge is 2.25. The van der Waals surface area contributed by atoms with Gasteiger partial charge < -0.3 is 10.6 Å². The molecule has 2 N–H and O–H groups in total. The molecule has 2 heterocycles. The zero-order chi connectivity index (χ0) is 21.8. The lowest BCUT2D eigenvalue weighted by molar-refractivity contribution is -0.123. The maximum atomic E-state index is 13.0. The van der Waals surface area contributed by atoms with Gasteiger partial charge in [0.2, 0.25) is 5.91 Å². The third-order valence-electron chi connectivity index (χ3n) is 6.46.